The predicted molar refractivity (Wildman–Crippen MR) is 90.9 cm³/mol. The van der Waals surface area contributed by atoms with Crippen molar-refractivity contribution in [3.8, 4) is 5.06 Å². The third-order valence-electron chi connectivity index (χ3n) is 2.60. The molecule has 0 radical (unpaired) electrons. The molecule has 0 aliphatic heterocycles. The molecule has 9 heteroatoms. The van der Waals surface area contributed by atoms with Crippen LogP contribution in [0.5, 0.6) is 5.06 Å². The number of carbonyl (C=O) groups is 1. The average Bonchev–Trinajstić information content (AvgIpc) is 2.97. The lowest BCUT2D eigenvalue weighted by Crippen LogP contribution is -2.33. The number of anilines is 1. The van der Waals surface area contributed by atoms with E-state index in [4.69, 9.17) is 16.3 Å². The van der Waals surface area contributed by atoms with Crippen LogP contribution in [0.2, 0.25) is 5.02 Å². The number of amides is 2. The van der Waals surface area contributed by atoms with Crippen molar-refractivity contribution in [2.24, 2.45) is 0 Å². The summed E-state index contributed by atoms with van der Waals surface area (Å²) in [5, 5.41) is 3.43. The van der Waals surface area contributed by atoms with E-state index >= 15 is 0 Å². The summed E-state index contributed by atoms with van der Waals surface area (Å²) in [6.07, 6.45) is 0.821. The van der Waals surface area contributed by atoms with Crippen molar-refractivity contribution in [2.75, 3.05) is 11.9 Å². The highest BCUT2D eigenvalue weighted by molar-refractivity contribution is 7.92. The highest BCUT2D eigenvalue weighted by Gasteiger charge is 2.20. The van der Waals surface area contributed by atoms with Gasteiger partial charge in [0.2, 0.25) is 0 Å². The Labute approximate surface area is 143 Å². The zero-order valence-electron chi connectivity index (χ0n) is 12.2. The third kappa shape index (κ3) is 5.12. The Morgan fingerprint density at radius 3 is 2.57 bits per heavy atom. The average molecular weight is 375 g/mol. The highest BCUT2D eigenvalue weighted by atomic mass is 35.5. The maximum absolute atomic E-state index is 12.1. The first kappa shape index (κ1) is 17.6. The molecule has 2 rings (SSSR count). The second kappa shape index (κ2) is 7.67. The minimum absolute atomic E-state index is 0.00913. The maximum Gasteiger partial charge on any atom is 0.333 e. The molecule has 0 saturated heterocycles. The summed E-state index contributed by atoms with van der Waals surface area (Å²) in [6.45, 7) is 2.46. The molecule has 0 unspecified atom stereocenters. The minimum Gasteiger partial charge on any atom is -0.484 e. The van der Waals surface area contributed by atoms with Crippen LogP contribution in [0.1, 0.15) is 13.3 Å². The molecular formula is C14H15ClN2O4S2. The van der Waals surface area contributed by atoms with Crippen LogP contribution in [0.15, 0.2) is 40.6 Å². The van der Waals surface area contributed by atoms with Gasteiger partial charge in [-0.1, -0.05) is 29.9 Å². The Morgan fingerprint density at radius 1 is 1.22 bits per heavy atom. The summed E-state index contributed by atoms with van der Waals surface area (Å²) < 4.78 is 31.6. The van der Waals surface area contributed by atoms with Crippen molar-refractivity contribution < 1.29 is 17.9 Å². The van der Waals surface area contributed by atoms with Gasteiger partial charge in [-0.2, -0.15) is 0 Å². The van der Waals surface area contributed by atoms with Crippen LogP contribution in [0, 0.1) is 0 Å². The number of thiophene rings is 1. The van der Waals surface area contributed by atoms with E-state index < -0.39 is 16.1 Å². The number of carbonyl (C=O) groups excluding carboxylic acids is 1. The monoisotopic (exact) mass is 374 g/mol. The topological polar surface area (TPSA) is 84.5 Å². The number of ether oxygens (including phenoxy) is 1. The van der Waals surface area contributed by atoms with Gasteiger partial charge in [-0.15, -0.1) is 0 Å². The van der Waals surface area contributed by atoms with Gasteiger partial charge in [0.15, 0.2) is 5.06 Å². The first-order valence-electron chi connectivity index (χ1n) is 6.72. The lowest BCUT2D eigenvalue weighted by atomic mass is 10.3. The van der Waals surface area contributed by atoms with E-state index in [0.717, 1.165) is 17.8 Å². The molecule has 0 aliphatic carbocycles. The third-order valence-corrected chi connectivity index (χ3v) is 5.67. The van der Waals surface area contributed by atoms with Crippen molar-refractivity contribution >= 4 is 44.7 Å². The fourth-order valence-electron chi connectivity index (χ4n) is 1.59. The van der Waals surface area contributed by atoms with E-state index in [1.165, 1.54) is 6.07 Å². The van der Waals surface area contributed by atoms with Crippen molar-refractivity contribution in [2.45, 2.75) is 17.6 Å². The van der Waals surface area contributed by atoms with E-state index in [-0.39, 0.29) is 4.21 Å². The smallest absolute Gasteiger partial charge is 0.333 e. The molecule has 1 aromatic heterocycles. The van der Waals surface area contributed by atoms with Crippen LogP contribution >= 0.6 is 22.9 Å². The highest BCUT2D eigenvalue weighted by Crippen LogP contribution is 2.28. The summed E-state index contributed by atoms with van der Waals surface area (Å²) in [4.78, 5) is 11.8. The molecule has 0 atom stereocenters. The fourth-order valence-corrected chi connectivity index (χ4v) is 3.78. The number of rotatable bonds is 6. The molecule has 0 saturated carbocycles. The molecule has 2 aromatic rings. The number of halogens is 1. The van der Waals surface area contributed by atoms with Gasteiger partial charge in [0, 0.05) is 10.7 Å². The Kier molecular flexibility index (Phi) is 5.86. The molecule has 0 bridgehead atoms. The van der Waals surface area contributed by atoms with E-state index in [9.17, 15) is 13.2 Å². The maximum atomic E-state index is 12.1. The van der Waals surface area contributed by atoms with Crippen LogP contribution in [-0.4, -0.2) is 21.1 Å². The summed E-state index contributed by atoms with van der Waals surface area (Å²) in [6, 6.07) is 8.41. The van der Waals surface area contributed by atoms with Crippen molar-refractivity contribution in [3.63, 3.8) is 0 Å². The molecular weight excluding hydrogens is 360 g/mol. The van der Waals surface area contributed by atoms with E-state index in [0.29, 0.717) is 22.4 Å². The van der Waals surface area contributed by atoms with Crippen LogP contribution < -0.4 is 14.8 Å². The van der Waals surface area contributed by atoms with Crippen LogP contribution in [0.3, 0.4) is 0 Å². The molecule has 124 valence electrons. The van der Waals surface area contributed by atoms with E-state index in [1.807, 2.05) is 11.6 Å². The van der Waals surface area contributed by atoms with Crippen molar-refractivity contribution in [1.29, 1.82) is 0 Å². The summed E-state index contributed by atoms with van der Waals surface area (Å²) in [5.74, 6) is 0. The summed E-state index contributed by atoms with van der Waals surface area (Å²) in [7, 11) is -3.94. The van der Waals surface area contributed by atoms with Gasteiger partial charge >= 0.3 is 6.03 Å². The standard InChI is InChI=1S/C14H15ClN2O4S2/c1-2-9-21-12-7-8-13(22-12)23(19,20)17-14(18)16-11-5-3-10(15)4-6-11/h3-8H,2,9H2,1H3,(H2,16,17,18). The second-order valence-corrected chi connectivity index (χ2v) is 7.88. The number of sulfonamides is 1. The van der Waals surface area contributed by atoms with Gasteiger partial charge in [-0.05, 0) is 42.8 Å². The number of hydrogen-bond donors (Lipinski definition) is 2. The Bertz CT molecular complexity index is 772. The predicted octanol–water partition coefficient (Wildman–Crippen LogP) is 3.70. The molecule has 23 heavy (non-hydrogen) atoms. The zero-order chi connectivity index (χ0) is 16.9. The van der Waals surface area contributed by atoms with Crippen LogP contribution in [0.25, 0.3) is 0 Å². The van der Waals surface area contributed by atoms with Crippen molar-refractivity contribution in [1.82, 2.24) is 4.72 Å². The molecule has 1 aromatic carbocycles. The molecule has 1 heterocycles. The largest absolute Gasteiger partial charge is 0.484 e. The van der Waals surface area contributed by atoms with Crippen LogP contribution in [-0.2, 0) is 10.0 Å². The van der Waals surface area contributed by atoms with Crippen molar-refractivity contribution in [3.05, 3.63) is 41.4 Å². The minimum atomic E-state index is -3.94. The quantitative estimate of drug-likeness (QED) is 0.807. The number of hydrogen-bond acceptors (Lipinski definition) is 5. The molecule has 6 nitrogen and oxygen atoms in total. The lowest BCUT2D eigenvalue weighted by molar-refractivity contribution is 0.256. The first-order chi connectivity index (χ1) is 10.9. The summed E-state index contributed by atoms with van der Waals surface area (Å²) in [5.41, 5.74) is 0.431. The van der Waals surface area contributed by atoms with E-state index in [1.54, 1.807) is 30.3 Å². The first-order valence-corrected chi connectivity index (χ1v) is 9.40. The number of benzene rings is 1. The number of nitrogens with one attached hydrogen (secondary N) is 2. The van der Waals surface area contributed by atoms with Crippen LogP contribution in [0.4, 0.5) is 10.5 Å². The molecule has 2 amide bonds. The normalized spacial score (nSPS) is 11.0. The van der Waals surface area contributed by atoms with Gasteiger partial charge < -0.3 is 10.1 Å². The Hall–Kier alpha value is -1.77. The van der Waals surface area contributed by atoms with Gasteiger partial charge in [-0.25, -0.2) is 17.9 Å². The SMILES string of the molecule is CCCOc1ccc(S(=O)(=O)NC(=O)Nc2ccc(Cl)cc2)s1. The Morgan fingerprint density at radius 2 is 1.91 bits per heavy atom. The lowest BCUT2D eigenvalue weighted by Gasteiger charge is -2.07. The van der Waals surface area contributed by atoms with E-state index in [2.05, 4.69) is 5.32 Å². The fraction of sp³-hybridized carbons (Fsp3) is 0.214. The van der Waals surface area contributed by atoms with Gasteiger partial charge in [0.1, 0.15) is 4.21 Å². The summed E-state index contributed by atoms with van der Waals surface area (Å²) >= 11 is 6.70. The Balaban J connectivity index is 2.01. The molecule has 2 N–H and O–H groups in total. The zero-order valence-corrected chi connectivity index (χ0v) is 14.6. The molecule has 0 fully saturated rings. The second-order valence-electron chi connectivity index (χ2n) is 4.49. The molecule has 0 aliphatic rings. The van der Waals surface area contributed by atoms with Gasteiger partial charge in [-0.3, -0.25) is 0 Å². The number of urea groups is 1. The molecule has 0 spiro atoms. The van der Waals surface area contributed by atoms with Gasteiger partial charge in [0.25, 0.3) is 10.0 Å². The van der Waals surface area contributed by atoms with Gasteiger partial charge in [0.05, 0.1) is 6.61 Å².